The zero-order valence-electron chi connectivity index (χ0n) is 9.69. The molecule has 1 aliphatic carbocycles. The molecule has 0 aliphatic heterocycles. The highest BCUT2D eigenvalue weighted by molar-refractivity contribution is 4.88. The molecule has 0 amide bonds. The predicted octanol–water partition coefficient (Wildman–Crippen LogP) is 3.66. The number of hydrogen-bond donors (Lipinski definition) is 1. The zero-order chi connectivity index (χ0) is 12.2. The van der Waals surface area contributed by atoms with Gasteiger partial charge in [0.2, 0.25) is 0 Å². The summed E-state index contributed by atoms with van der Waals surface area (Å²) in [4.78, 5) is 0. The summed E-state index contributed by atoms with van der Waals surface area (Å²) < 4.78 is 38.3. The van der Waals surface area contributed by atoms with Crippen LogP contribution >= 0.6 is 0 Å². The molecule has 1 N–H and O–H groups in total. The van der Waals surface area contributed by atoms with Crippen molar-refractivity contribution in [1.29, 1.82) is 0 Å². The SMILES string of the molecule is C=CCC(C)NC1CCCCC1C(F)(F)F. The van der Waals surface area contributed by atoms with Crippen LogP contribution in [0.4, 0.5) is 13.2 Å². The Bertz CT molecular complexity index is 225. The molecule has 3 unspecified atom stereocenters. The molecule has 1 rings (SSSR count). The summed E-state index contributed by atoms with van der Waals surface area (Å²) in [5, 5.41) is 3.09. The Morgan fingerprint density at radius 3 is 2.56 bits per heavy atom. The zero-order valence-corrected chi connectivity index (χ0v) is 9.69. The number of nitrogens with one attached hydrogen (secondary N) is 1. The topological polar surface area (TPSA) is 12.0 Å². The van der Waals surface area contributed by atoms with E-state index in [4.69, 9.17) is 0 Å². The molecular formula is C12H20F3N. The summed E-state index contributed by atoms with van der Waals surface area (Å²) in [5.74, 6) is -1.17. The van der Waals surface area contributed by atoms with E-state index in [1.165, 1.54) is 0 Å². The van der Waals surface area contributed by atoms with E-state index in [0.717, 1.165) is 6.42 Å². The molecule has 0 spiro atoms. The summed E-state index contributed by atoms with van der Waals surface area (Å²) in [7, 11) is 0. The summed E-state index contributed by atoms with van der Waals surface area (Å²) >= 11 is 0. The lowest BCUT2D eigenvalue weighted by molar-refractivity contribution is -0.189. The first kappa shape index (κ1) is 13.6. The average Bonchev–Trinajstić information content (AvgIpc) is 2.17. The first-order chi connectivity index (χ1) is 7.45. The van der Waals surface area contributed by atoms with Gasteiger partial charge in [0.1, 0.15) is 0 Å². The first-order valence-corrected chi connectivity index (χ1v) is 5.88. The maximum atomic E-state index is 12.8. The van der Waals surface area contributed by atoms with Crippen LogP contribution in [0.25, 0.3) is 0 Å². The fourth-order valence-corrected chi connectivity index (χ4v) is 2.41. The third-order valence-corrected chi connectivity index (χ3v) is 3.21. The van der Waals surface area contributed by atoms with Crippen LogP contribution in [0.15, 0.2) is 12.7 Å². The monoisotopic (exact) mass is 235 g/mol. The van der Waals surface area contributed by atoms with Crippen LogP contribution in [0.3, 0.4) is 0 Å². The smallest absolute Gasteiger partial charge is 0.311 e. The van der Waals surface area contributed by atoms with E-state index < -0.39 is 18.1 Å². The molecule has 94 valence electrons. The van der Waals surface area contributed by atoms with Crippen molar-refractivity contribution >= 4 is 0 Å². The Kier molecular flexibility index (Phi) is 4.84. The van der Waals surface area contributed by atoms with Gasteiger partial charge in [-0.25, -0.2) is 0 Å². The van der Waals surface area contributed by atoms with E-state index in [1.807, 2.05) is 6.92 Å². The average molecular weight is 235 g/mol. The van der Waals surface area contributed by atoms with E-state index in [9.17, 15) is 13.2 Å². The second-order valence-electron chi connectivity index (χ2n) is 4.63. The highest BCUT2D eigenvalue weighted by atomic mass is 19.4. The molecule has 1 saturated carbocycles. The minimum absolute atomic E-state index is 0.0745. The number of hydrogen-bond acceptors (Lipinski definition) is 1. The maximum Gasteiger partial charge on any atom is 0.393 e. The summed E-state index contributed by atoms with van der Waals surface area (Å²) in [6.07, 6.45) is 0.868. The van der Waals surface area contributed by atoms with Gasteiger partial charge in [0.05, 0.1) is 5.92 Å². The first-order valence-electron chi connectivity index (χ1n) is 5.88. The molecule has 1 fully saturated rings. The van der Waals surface area contributed by atoms with Crippen LogP contribution in [0, 0.1) is 5.92 Å². The van der Waals surface area contributed by atoms with Crippen LogP contribution in [0.5, 0.6) is 0 Å². The second kappa shape index (κ2) is 5.71. The van der Waals surface area contributed by atoms with Crippen molar-refractivity contribution in [3.8, 4) is 0 Å². The molecule has 0 saturated heterocycles. The molecule has 0 aromatic heterocycles. The van der Waals surface area contributed by atoms with Gasteiger partial charge in [-0.05, 0) is 26.2 Å². The Hall–Kier alpha value is -0.510. The van der Waals surface area contributed by atoms with Gasteiger partial charge in [0.25, 0.3) is 0 Å². The lowest BCUT2D eigenvalue weighted by atomic mass is 9.83. The van der Waals surface area contributed by atoms with Crippen molar-refractivity contribution in [2.75, 3.05) is 0 Å². The molecule has 0 radical (unpaired) electrons. The van der Waals surface area contributed by atoms with Crippen LogP contribution in [0.1, 0.15) is 39.0 Å². The van der Waals surface area contributed by atoms with Gasteiger partial charge in [-0.2, -0.15) is 13.2 Å². The van der Waals surface area contributed by atoms with Crippen LogP contribution in [0.2, 0.25) is 0 Å². The number of halogens is 3. The molecule has 1 aliphatic rings. The minimum Gasteiger partial charge on any atom is -0.311 e. The summed E-state index contributed by atoms with van der Waals surface area (Å²) in [5.41, 5.74) is 0. The van der Waals surface area contributed by atoms with Gasteiger partial charge in [-0.1, -0.05) is 18.9 Å². The second-order valence-corrected chi connectivity index (χ2v) is 4.63. The van der Waals surface area contributed by atoms with Crippen molar-refractivity contribution in [3.63, 3.8) is 0 Å². The Morgan fingerprint density at radius 1 is 1.38 bits per heavy atom. The summed E-state index contributed by atoms with van der Waals surface area (Å²) in [6.45, 7) is 5.51. The van der Waals surface area contributed by atoms with Gasteiger partial charge >= 0.3 is 6.18 Å². The normalized spacial score (nSPS) is 28.8. The van der Waals surface area contributed by atoms with Gasteiger partial charge < -0.3 is 5.32 Å². The molecule has 0 bridgehead atoms. The molecule has 1 nitrogen and oxygen atoms in total. The molecule has 4 heteroatoms. The molecule has 3 atom stereocenters. The van der Waals surface area contributed by atoms with Crippen molar-refractivity contribution in [2.45, 2.75) is 57.3 Å². The van der Waals surface area contributed by atoms with Crippen molar-refractivity contribution < 1.29 is 13.2 Å². The van der Waals surface area contributed by atoms with Crippen LogP contribution in [-0.2, 0) is 0 Å². The maximum absolute atomic E-state index is 12.8. The lowest BCUT2D eigenvalue weighted by Gasteiger charge is -2.35. The quantitative estimate of drug-likeness (QED) is 0.733. The van der Waals surface area contributed by atoms with Gasteiger partial charge in [0, 0.05) is 12.1 Å². The predicted molar refractivity (Wildman–Crippen MR) is 59.2 cm³/mol. The Labute approximate surface area is 95.1 Å². The standard InChI is InChI=1S/C12H20F3N/c1-3-6-9(2)16-11-8-5-4-7-10(11)12(13,14)15/h3,9-11,16H,1,4-8H2,2H3. The van der Waals surface area contributed by atoms with Gasteiger partial charge in [-0.3, -0.25) is 0 Å². The third kappa shape index (κ3) is 3.81. The van der Waals surface area contributed by atoms with E-state index in [0.29, 0.717) is 19.3 Å². The Balaban J connectivity index is 2.56. The Morgan fingerprint density at radius 2 is 2.00 bits per heavy atom. The lowest BCUT2D eigenvalue weighted by Crippen LogP contribution is -2.48. The van der Waals surface area contributed by atoms with Crippen molar-refractivity contribution in [3.05, 3.63) is 12.7 Å². The molecule has 16 heavy (non-hydrogen) atoms. The number of rotatable bonds is 4. The largest absolute Gasteiger partial charge is 0.393 e. The van der Waals surface area contributed by atoms with Gasteiger partial charge in [-0.15, -0.1) is 6.58 Å². The van der Waals surface area contributed by atoms with Crippen LogP contribution in [-0.4, -0.2) is 18.3 Å². The van der Waals surface area contributed by atoms with Crippen LogP contribution < -0.4 is 5.32 Å². The molecule has 0 aromatic rings. The van der Waals surface area contributed by atoms with E-state index in [-0.39, 0.29) is 12.5 Å². The highest BCUT2D eigenvalue weighted by Gasteiger charge is 2.45. The van der Waals surface area contributed by atoms with E-state index in [2.05, 4.69) is 11.9 Å². The minimum atomic E-state index is -4.06. The third-order valence-electron chi connectivity index (χ3n) is 3.21. The van der Waals surface area contributed by atoms with Crippen molar-refractivity contribution in [1.82, 2.24) is 5.32 Å². The molecular weight excluding hydrogens is 215 g/mol. The summed E-state index contributed by atoms with van der Waals surface area (Å²) in [6, 6.07) is -0.339. The van der Waals surface area contributed by atoms with E-state index >= 15 is 0 Å². The van der Waals surface area contributed by atoms with E-state index in [1.54, 1.807) is 6.08 Å². The fraction of sp³-hybridized carbons (Fsp3) is 0.833. The number of alkyl halides is 3. The molecule has 0 aromatic carbocycles. The highest BCUT2D eigenvalue weighted by Crippen LogP contribution is 2.37. The van der Waals surface area contributed by atoms with Crippen molar-refractivity contribution in [2.24, 2.45) is 5.92 Å². The fourth-order valence-electron chi connectivity index (χ4n) is 2.41. The van der Waals surface area contributed by atoms with Gasteiger partial charge in [0.15, 0.2) is 0 Å². The molecule has 0 heterocycles.